The summed E-state index contributed by atoms with van der Waals surface area (Å²) in [6, 6.07) is 17.6. The lowest BCUT2D eigenvalue weighted by atomic mass is 9.81. The first kappa shape index (κ1) is 40.5. The van der Waals surface area contributed by atoms with Gasteiger partial charge in [0.25, 0.3) is 5.91 Å². The van der Waals surface area contributed by atoms with E-state index in [9.17, 15) is 36.7 Å². The molecule has 1 aliphatic carbocycles. The van der Waals surface area contributed by atoms with Crippen molar-refractivity contribution in [3.05, 3.63) is 89.2 Å². The Kier molecular flexibility index (Phi) is 12.4. The SMILES string of the molecule is Cc1cc(C(=O)NC(C)C)ccc1-c1ccc(C[C@H](NC(=O)C2CCC(CN)CC2)C(=O)Nc2ccc(-c3n[nH]c(C(F)(F)C(F)(F)C(=O)O)n3)cc2)cc1. The van der Waals surface area contributed by atoms with Crippen LogP contribution in [-0.2, 0) is 26.7 Å². The smallest absolute Gasteiger partial charge is 0.411 e. The van der Waals surface area contributed by atoms with Crippen LogP contribution in [-0.4, -0.2) is 68.5 Å². The van der Waals surface area contributed by atoms with E-state index in [0.29, 0.717) is 30.9 Å². The number of aromatic amines is 1. The summed E-state index contributed by atoms with van der Waals surface area (Å²) < 4.78 is 55.8. The van der Waals surface area contributed by atoms with E-state index in [1.54, 1.807) is 11.2 Å². The first-order valence-electron chi connectivity index (χ1n) is 17.8. The molecule has 0 radical (unpaired) electrons. The molecule has 0 bridgehead atoms. The van der Waals surface area contributed by atoms with Gasteiger partial charge in [-0.15, -0.1) is 0 Å². The van der Waals surface area contributed by atoms with Gasteiger partial charge in [-0.05, 0) is 118 Å². The lowest BCUT2D eigenvalue weighted by Crippen LogP contribution is -2.48. The zero-order valence-corrected chi connectivity index (χ0v) is 30.5. The molecule has 1 heterocycles. The average Bonchev–Trinajstić information content (AvgIpc) is 3.66. The number of H-pyrrole nitrogens is 1. The van der Waals surface area contributed by atoms with E-state index in [0.717, 1.165) is 35.1 Å². The molecule has 1 saturated carbocycles. The van der Waals surface area contributed by atoms with Crippen molar-refractivity contribution in [2.75, 3.05) is 11.9 Å². The molecule has 292 valence electrons. The molecule has 4 aromatic rings. The van der Waals surface area contributed by atoms with Gasteiger partial charge >= 0.3 is 17.8 Å². The van der Waals surface area contributed by atoms with E-state index >= 15 is 0 Å². The second kappa shape index (κ2) is 16.8. The predicted octanol–water partition coefficient (Wildman–Crippen LogP) is 5.83. The van der Waals surface area contributed by atoms with Gasteiger partial charge in [-0.25, -0.2) is 9.78 Å². The van der Waals surface area contributed by atoms with Crippen LogP contribution in [0.15, 0.2) is 66.7 Å². The summed E-state index contributed by atoms with van der Waals surface area (Å²) in [6.45, 7) is 6.25. The van der Waals surface area contributed by atoms with Gasteiger partial charge in [-0.1, -0.05) is 30.3 Å². The summed E-state index contributed by atoms with van der Waals surface area (Å²) in [5.41, 5.74) is 10.3. The number of anilines is 1. The molecule has 55 heavy (non-hydrogen) atoms. The fraction of sp³-hybridized carbons (Fsp3) is 0.385. The predicted molar refractivity (Wildman–Crippen MR) is 196 cm³/mol. The summed E-state index contributed by atoms with van der Waals surface area (Å²) in [7, 11) is 0. The zero-order valence-electron chi connectivity index (χ0n) is 30.5. The summed E-state index contributed by atoms with van der Waals surface area (Å²) in [6.07, 6.45) is 3.08. The Morgan fingerprint density at radius 1 is 0.909 bits per heavy atom. The molecule has 0 aliphatic heterocycles. The Morgan fingerprint density at radius 2 is 1.55 bits per heavy atom. The van der Waals surface area contributed by atoms with Gasteiger partial charge in [-0.3, -0.25) is 19.5 Å². The number of aliphatic carboxylic acids is 1. The van der Waals surface area contributed by atoms with Crippen LogP contribution in [0.2, 0.25) is 0 Å². The molecule has 5 rings (SSSR count). The second-order valence-corrected chi connectivity index (χ2v) is 14.1. The molecule has 0 saturated heterocycles. The number of aryl methyl sites for hydroxylation is 1. The standard InChI is InChI=1S/C39H43F4N7O5/c1-21(2)45-34(52)28-14-17-30(22(3)18-28)25-8-4-23(5-9-25)19-31(47-33(51)27-10-6-24(20-44)7-11-27)35(53)46-29-15-12-26(13-16-29)32-48-36(50-49-32)38(40,41)39(42,43)37(54)55/h4-5,8-9,12-18,21,24,27,31H,6-7,10-11,19-20,44H2,1-3H3,(H,45,52)(H,46,53)(H,47,51)(H,54,55)(H,48,49,50)/t24?,27?,31-/m0/s1. The molecule has 1 aromatic heterocycles. The number of carbonyl (C=O) groups excluding carboxylic acids is 3. The van der Waals surface area contributed by atoms with E-state index in [-0.39, 0.29) is 41.4 Å². The number of nitrogens with zero attached hydrogens (tertiary/aromatic N) is 2. The van der Waals surface area contributed by atoms with Gasteiger partial charge in [0.05, 0.1) is 0 Å². The Bertz CT molecular complexity index is 2010. The highest BCUT2D eigenvalue weighted by Crippen LogP contribution is 2.42. The molecule has 0 spiro atoms. The number of alkyl halides is 4. The van der Waals surface area contributed by atoms with Crippen LogP contribution in [0, 0.1) is 18.8 Å². The van der Waals surface area contributed by atoms with Gasteiger partial charge in [-0.2, -0.15) is 22.7 Å². The minimum absolute atomic E-state index is 0.00313. The molecule has 12 nitrogen and oxygen atoms in total. The first-order chi connectivity index (χ1) is 26.0. The van der Waals surface area contributed by atoms with E-state index in [1.165, 1.54) is 24.3 Å². The molecule has 7 N–H and O–H groups in total. The third-order valence-corrected chi connectivity index (χ3v) is 9.65. The molecule has 16 heteroatoms. The Hall–Kier alpha value is -5.64. The molecular formula is C39H43F4N7O5. The minimum Gasteiger partial charge on any atom is -0.477 e. The molecule has 1 fully saturated rings. The van der Waals surface area contributed by atoms with Crippen LogP contribution in [0.25, 0.3) is 22.5 Å². The van der Waals surface area contributed by atoms with Gasteiger partial charge in [0.1, 0.15) is 6.04 Å². The monoisotopic (exact) mass is 765 g/mol. The third kappa shape index (κ3) is 9.36. The maximum atomic E-state index is 14.2. The highest BCUT2D eigenvalue weighted by Gasteiger charge is 2.65. The van der Waals surface area contributed by atoms with E-state index in [1.807, 2.05) is 57.2 Å². The lowest BCUT2D eigenvalue weighted by Gasteiger charge is -2.28. The van der Waals surface area contributed by atoms with Crippen molar-refractivity contribution in [1.29, 1.82) is 0 Å². The Balaban J connectivity index is 1.31. The number of carbonyl (C=O) groups is 4. The zero-order chi connectivity index (χ0) is 40.1. The van der Waals surface area contributed by atoms with Gasteiger partial charge in [0, 0.05) is 35.2 Å². The molecule has 0 unspecified atom stereocenters. The maximum Gasteiger partial charge on any atom is 0.411 e. The van der Waals surface area contributed by atoms with Crippen molar-refractivity contribution in [2.45, 2.75) is 76.8 Å². The number of carboxylic acid groups (broad SMARTS) is 1. The normalized spacial score (nSPS) is 16.7. The number of hydrogen-bond acceptors (Lipinski definition) is 7. The maximum absolute atomic E-state index is 14.2. The largest absolute Gasteiger partial charge is 0.477 e. The summed E-state index contributed by atoms with van der Waals surface area (Å²) in [5.74, 6) is -16.5. The van der Waals surface area contributed by atoms with Crippen LogP contribution in [0.4, 0.5) is 23.2 Å². The van der Waals surface area contributed by atoms with Crippen LogP contribution in [0.5, 0.6) is 0 Å². The quantitative estimate of drug-likeness (QED) is 0.0864. The average molecular weight is 766 g/mol. The molecule has 1 atom stereocenters. The molecule has 3 aromatic carbocycles. The fourth-order valence-electron chi connectivity index (χ4n) is 6.44. The highest BCUT2D eigenvalue weighted by atomic mass is 19.3. The van der Waals surface area contributed by atoms with Crippen LogP contribution >= 0.6 is 0 Å². The molecule has 1 aliphatic rings. The van der Waals surface area contributed by atoms with Gasteiger partial charge in [0.15, 0.2) is 5.82 Å². The number of carboxylic acids is 1. The van der Waals surface area contributed by atoms with Crippen molar-refractivity contribution in [3.63, 3.8) is 0 Å². The van der Waals surface area contributed by atoms with Crippen molar-refractivity contribution >= 4 is 29.4 Å². The van der Waals surface area contributed by atoms with Crippen molar-refractivity contribution < 1.29 is 41.8 Å². The summed E-state index contributed by atoms with van der Waals surface area (Å²) in [4.78, 5) is 53.8. The first-order valence-corrected chi connectivity index (χ1v) is 17.8. The van der Waals surface area contributed by atoms with E-state index in [4.69, 9.17) is 10.8 Å². The topological polar surface area (TPSA) is 192 Å². The van der Waals surface area contributed by atoms with Crippen molar-refractivity contribution in [1.82, 2.24) is 25.8 Å². The number of amides is 3. The number of hydrogen-bond donors (Lipinski definition) is 6. The molecular weight excluding hydrogens is 722 g/mol. The minimum atomic E-state index is -5.44. The Labute approximate surface area is 314 Å². The number of rotatable bonds is 14. The number of halogens is 4. The number of nitrogens with two attached hydrogens (primary N) is 1. The van der Waals surface area contributed by atoms with E-state index < -0.39 is 41.4 Å². The Morgan fingerprint density at radius 3 is 2.13 bits per heavy atom. The number of benzene rings is 3. The van der Waals surface area contributed by atoms with Crippen LogP contribution in [0.3, 0.4) is 0 Å². The van der Waals surface area contributed by atoms with Crippen molar-refractivity contribution in [2.24, 2.45) is 17.6 Å². The van der Waals surface area contributed by atoms with E-state index in [2.05, 4.69) is 26.0 Å². The second-order valence-electron chi connectivity index (χ2n) is 14.1. The number of nitrogens with one attached hydrogen (secondary N) is 4. The number of aromatic nitrogens is 3. The highest BCUT2D eigenvalue weighted by molar-refractivity contribution is 5.98. The van der Waals surface area contributed by atoms with Crippen molar-refractivity contribution in [3.8, 4) is 22.5 Å². The summed E-state index contributed by atoms with van der Waals surface area (Å²) in [5, 5.41) is 22.3. The fourth-order valence-corrected chi connectivity index (χ4v) is 6.44. The third-order valence-electron chi connectivity index (χ3n) is 9.65. The summed E-state index contributed by atoms with van der Waals surface area (Å²) >= 11 is 0. The van der Waals surface area contributed by atoms with Crippen LogP contribution in [0.1, 0.15) is 66.8 Å². The van der Waals surface area contributed by atoms with Crippen LogP contribution < -0.4 is 21.7 Å². The van der Waals surface area contributed by atoms with Gasteiger partial charge in [0.2, 0.25) is 17.6 Å². The lowest BCUT2D eigenvalue weighted by molar-refractivity contribution is -0.231. The molecule has 3 amide bonds. The van der Waals surface area contributed by atoms with Gasteiger partial charge < -0.3 is 26.8 Å².